The fourth-order valence-corrected chi connectivity index (χ4v) is 2.98. The number of halogens is 1. The lowest BCUT2D eigenvalue weighted by Crippen LogP contribution is -2.34. The molecule has 2 aromatic carbocycles. The second kappa shape index (κ2) is 8.15. The van der Waals surface area contributed by atoms with E-state index in [9.17, 15) is 9.59 Å². The molecule has 3 rings (SSSR count). The Morgan fingerprint density at radius 2 is 1.92 bits per heavy atom. The third-order valence-corrected chi connectivity index (χ3v) is 4.37. The number of nitrogens with one attached hydrogen (secondary N) is 2. The van der Waals surface area contributed by atoms with E-state index in [0.717, 1.165) is 12.0 Å². The van der Waals surface area contributed by atoms with Crippen molar-refractivity contribution in [1.29, 1.82) is 0 Å². The molecule has 1 heterocycles. The first kappa shape index (κ1) is 18.1. The number of fused-ring (bicyclic) bond motifs is 1. The predicted molar refractivity (Wildman–Crippen MR) is 103 cm³/mol. The summed E-state index contributed by atoms with van der Waals surface area (Å²) in [6.07, 6.45) is 1.39. The molecule has 0 aliphatic heterocycles. The van der Waals surface area contributed by atoms with Crippen LogP contribution < -0.4 is 10.9 Å². The van der Waals surface area contributed by atoms with Crippen LogP contribution in [-0.2, 0) is 17.6 Å². The maximum atomic E-state index is 12.2. The molecule has 0 radical (unpaired) electrons. The number of hydrogen-bond donors (Lipinski definition) is 2. The number of carbonyl (C=O) groups excluding carboxylic acids is 1. The summed E-state index contributed by atoms with van der Waals surface area (Å²) >= 11 is 5.88. The van der Waals surface area contributed by atoms with Gasteiger partial charge in [0.2, 0.25) is 5.91 Å². The SMILES string of the molecule is C[C@@H](Cc1ccc(Cl)cc1)NC(=O)CCc1nc2ccccc2c(=O)[nH]1. The fraction of sp³-hybridized carbons (Fsp3) is 0.250. The summed E-state index contributed by atoms with van der Waals surface area (Å²) in [4.78, 5) is 31.4. The Bertz CT molecular complexity index is 967. The highest BCUT2D eigenvalue weighted by Gasteiger charge is 2.10. The van der Waals surface area contributed by atoms with E-state index in [2.05, 4.69) is 15.3 Å². The summed E-state index contributed by atoms with van der Waals surface area (Å²) in [5.41, 5.74) is 1.58. The Kier molecular flexibility index (Phi) is 5.68. The summed E-state index contributed by atoms with van der Waals surface area (Å²) in [7, 11) is 0. The van der Waals surface area contributed by atoms with Crippen molar-refractivity contribution in [2.45, 2.75) is 32.2 Å². The van der Waals surface area contributed by atoms with E-state index in [0.29, 0.717) is 28.2 Å². The molecule has 0 bridgehead atoms. The van der Waals surface area contributed by atoms with Crippen molar-refractivity contribution in [2.75, 3.05) is 0 Å². The molecule has 0 fully saturated rings. The van der Waals surface area contributed by atoms with Crippen LogP contribution >= 0.6 is 11.6 Å². The Morgan fingerprint density at radius 1 is 1.19 bits per heavy atom. The van der Waals surface area contributed by atoms with Gasteiger partial charge in [0.05, 0.1) is 10.9 Å². The second-order valence-electron chi connectivity index (χ2n) is 6.33. The van der Waals surface area contributed by atoms with Gasteiger partial charge in [0.15, 0.2) is 0 Å². The molecule has 1 atom stereocenters. The largest absolute Gasteiger partial charge is 0.353 e. The molecule has 5 nitrogen and oxygen atoms in total. The molecule has 26 heavy (non-hydrogen) atoms. The Morgan fingerprint density at radius 3 is 2.69 bits per heavy atom. The average Bonchev–Trinajstić information content (AvgIpc) is 2.62. The first-order valence-electron chi connectivity index (χ1n) is 8.53. The van der Waals surface area contributed by atoms with Crippen LogP contribution in [0.2, 0.25) is 5.02 Å². The van der Waals surface area contributed by atoms with E-state index < -0.39 is 0 Å². The van der Waals surface area contributed by atoms with Crippen molar-refractivity contribution in [3.63, 3.8) is 0 Å². The van der Waals surface area contributed by atoms with Gasteiger partial charge in [-0.1, -0.05) is 35.9 Å². The molecule has 6 heteroatoms. The average molecular weight is 370 g/mol. The molecule has 1 amide bonds. The van der Waals surface area contributed by atoms with Gasteiger partial charge in [0.25, 0.3) is 5.56 Å². The van der Waals surface area contributed by atoms with Crippen molar-refractivity contribution in [3.8, 4) is 0 Å². The first-order chi connectivity index (χ1) is 12.5. The quantitative estimate of drug-likeness (QED) is 0.700. The summed E-state index contributed by atoms with van der Waals surface area (Å²) in [5, 5.41) is 4.22. The van der Waals surface area contributed by atoms with E-state index >= 15 is 0 Å². The number of rotatable bonds is 6. The minimum atomic E-state index is -0.179. The number of para-hydroxylation sites is 1. The molecule has 0 aliphatic rings. The van der Waals surface area contributed by atoms with Gasteiger partial charge in [-0.3, -0.25) is 9.59 Å². The van der Waals surface area contributed by atoms with Gasteiger partial charge in [-0.2, -0.15) is 0 Å². The third-order valence-electron chi connectivity index (χ3n) is 4.11. The number of H-pyrrole nitrogens is 1. The lowest BCUT2D eigenvalue weighted by atomic mass is 10.1. The molecule has 2 N–H and O–H groups in total. The van der Waals surface area contributed by atoms with Crippen molar-refractivity contribution < 1.29 is 4.79 Å². The lowest BCUT2D eigenvalue weighted by molar-refractivity contribution is -0.121. The van der Waals surface area contributed by atoms with Gasteiger partial charge in [-0.15, -0.1) is 0 Å². The molecule has 134 valence electrons. The number of nitrogens with zero attached hydrogens (tertiary/aromatic N) is 1. The summed E-state index contributed by atoms with van der Waals surface area (Å²) in [5.74, 6) is 0.455. The number of aryl methyl sites for hydroxylation is 1. The standard InChI is InChI=1S/C20H20ClN3O2/c1-13(12-14-6-8-15(21)9-7-14)22-19(25)11-10-18-23-17-5-3-2-4-16(17)20(26)24-18/h2-9,13H,10-12H2,1H3,(H,22,25)(H,23,24,26)/t13-/m0/s1. The second-order valence-corrected chi connectivity index (χ2v) is 6.77. The van der Waals surface area contributed by atoms with Crippen molar-refractivity contribution in [1.82, 2.24) is 15.3 Å². The van der Waals surface area contributed by atoms with Crippen LogP contribution in [0.4, 0.5) is 0 Å². The zero-order chi connectivity index (χ0) is 18.5. The monoisotopic (exact) mass is 369 g/mol. The Balaban J connectivity index is 1.55. The number of benzene rings is 2. The number of aromatic nitrogens is 2. The maximum Gasteiger partial charge on any atom is 0.258 e. The molecule has 1 aromatic heterocycles. The first-order valence-corrected chi connectivity index (χ1v) is 8.91. The number of amides is 1. The van der Waals surface area contributed by atoms with Crippen molar-refractivity contribution in [3.05, 3.63) is 75.3 Å². The van der Waals surface area contributed by atoms with Gasteiger partial charge in [0.1, 0.15) is 5.82 Å². The van der Waals surface area contributed by atoms with Crippen LogP contribution in [0.15, 0.2) is 53.3 Å². The topological polar surface area (TPSA) is 74.8 Å². The van der Waals surface area contributed by atoms with Gasteiger partial charge < -0.3 is 10.3 Å². The van der Waals surface area contributed by atoms with Crippen LogP contribution in [0, 0.1) is 0 Å². The smallest absolute Gasteiger partial charge is 0.258 e. The normalized spacial score (nSPS) is 12.1. The minimum absolute atomic E-state index is 0.00675. The van der Waals surface area contributed by atoms with Crippen LogP contribution in [0.1, 0.15) is 24.7 Å². The summed E-state index contributed by atoms with van der Waals surface area (Å²) in [6, 6.07) is 14.8. The van der Waals surface area contributed by atoms with Crippen LogP contribution in [0.25, 0.3) is 10.9 Å². The van der Waals surface area contributed by atoms with E-state index in [1.54, 1.807) is 18.2 Å². The zero-order valence-corrected chi connectivity index (χ0v) is 15.2. The summed E-state index contributed by atoms with van der Waals surface area (Å²) in [6.45, 7) is 1.96. The van der Waals surface area contributed by atoms with Gasteiger partial charge >= 0.3 is 0 Å². The molecule has 3 aromatic rings. The van der Waals surface area contributed by atoms with Crippen molar-refractivity contribution >= 4 is 28.4 Å². The number of hydrogen-bond acceptors (Lipinski definition) is 3. The highest BCUT2D eigenvalue weighted by Crippen LogP contribution is 2.11. The third kappa shape index (κ3) is 4.70. The highest BCUT2D eigenvalue weighted by atomic mass is 35.5. The fourth-order valence-electron chi connectivity index (χ4n) is 2.86. The van der Waals surface area contributed by atoms with Crippen LogP contribution in [0.3, 0.4) is 0 Å². The predicted octanol–water partition coefficient (Wildman–Crippen LogP) is 3.26. The van der Waals surface area contributed by atoms with Gasteiger partial charge in [-0.25, -0.2) is 4.98 Å². The molecular formula is C20H20ClN3O2. The molecular weight excluding hydrogens is 350 g/mol. The Hall–Kier alpha value is -2.66. The van der Waals surface area contributed by atoms with E-state index in [4.69, 9.17) is 11.6 Å². The molecule has 0 unspecified atom stereocenters. The highest BCUT2D eigenvalue weighted by molar-refractivity contribution is 6.30. The van der Waals surface area contributed by atoms with E-state index in [-0.39, 0.29) is 23.9 Å². The summed E-state index contributed by atoms with van der Waals surface area (Å²) < 4.78 is 0. The van der Waals surface area contributed by atoms with E-state index in [1.807, 2.05) is 37.3 Å². The van der Waals surface area contributed by atoms with Gasteiger partial charge in [-0.05, 0) is 43.2 Å². The zero-order valence-electron chi connectivity index (χ0n) is 14.5. The van der Waals surface area contributed by atoms with Crippen LogP contribution in [-0.4, -0.2) is 21.9 Å². The van der Waals surface area contributed by atoms with Gasteiger partial charge in [0, 0.05) is 23.9 Å². The molecule has 0 saturated carbocycles. The molecule has 0 saturated heterocycles. The van der Waals surface area contributed by atoms with E-state index in [1.165, 1.54) is 0 Å². The minimum Gasteiger partial charge on any atom is -0.353 e. The van der Waals surface area contributed by atoms with Crippen LogP contribution in [0.5, 0.6) is 0 Å². The number of aromatic amines is 1. The Labute approximate surface area is 156 Å². The molecule has 0 aliphatic carbocycles. The number of carbonyl (C=O) groups is 1. The lowest BCUT2D eigenvalue weighted by Gasteiger charge is -2.14. The van der Waals surface area contributed by atoms with Crippen molar-refractivity contribution in [2.24, 2.45) is 0 Å². The molecule has 0 spiro atoms. The maximum absolute atomic E-state index is 12.2.